The third-order valence-electron chi connectivity index (χ3n) is 2.62. The molecule has 0 bridgehead atoms. The Balaban J connectivity index is -0.000000438. The first-order valence-electron chi connectivity index (χ1n) is 9.10. The van der Waals surface area contributed by atoms with Crippen molar-refractivity contribution in [1.29, 1.82) is 0 Å². The standard InChI is InChI=1S/C15H14.4C2H6/c1-3-13-9-5-7-11-15(13)14-10-6-4-8-12(14)2;4*1-2/h3-11H,1H2,2H3;4*1-2H3. The van der Waals surface area contributed by atoms with Crippen molar-refractivity contribution in [3.8, 4) is 11.1 Å². The van der Waals surface area contributed by atoms with Gasteiger partial charge in [-0.2, -0.15) is 0 Å². The van der Waals surface area contributed by atoms with Gasteiger partial charge in [-0.25, -0.2) is 0 Å². The summed E-state index contributed by atoms with van der Waals surface area (Å²) in [4.78, 5) is 0. The molecule has 0 atom stereocenters. The second kappa shape index (κ2) is 20.2. The third kappa shape index (κ3) is 9.73. The van der Waals surface area contributed by atoms with E-state index in [0.717, 1.165) is 0 Å². The third-order valence-corrected chi connectivity index (χ3v) is 2.62. The summed E-state index contributed by atoms with van der Waals surface area (Å²) < 4.78 is 0. The van der Waals surface area contributed by atoms with Crippen LogP contribution in [0.2, 0.25) is 0 Å². The summed E-state index contributed by atoms with van der Waals surface area (Å²) in [5.41, 5.74) is 5.03. The molecule has 2 rings (SSSR count). The van der Waals surface area contributed by atoms with E-state index < -0.39 is 0 Å². The second-order valence-corrected chi connectivity index (χ2v) is 3.61. The van der Waals surface area contributed by atoms with E-state index in [-0.39, 0.29) is 0 Å². The highest BCUT2D eigenvalue weighted by atomic mass is 14.1. The zero-order chi connectivity index (χ0) is 18.7. The quantitative estimate of drug-likeness (QED) is 0.522. The summed E-state index contributed by atoms with van der Waals surface area (Å²) in [5.74, 6) is 0. The number of rotatable bonds is 2. The van der Waals surface area contributed by atoms with Gasteiger partial charge >= 0.3 is 0 Å². The summed E-state index contributed by atoms with van der Waals surface area (Å²) in [7, 11) is 0. The van der Waals surface area contributed by atoms with Crippen LogP contribution in [0.3, 0.4) is 0 Å². The van der Waals surface area contributed by atoms with Gasteiger partial charge in [0.1, 0.15) is 0 Å². The normalized spacial score (nSPS) is 7.52. The molecule has 130 valence electrons. The lowest BCUT2D eigenvalue weighted by molar-refractivity contribution is 1.45. The van der Waals surface area contributed by atoms with Gasteiger partial charge in [-0.3, -0.25) is 0 Å². The fraction of sp³-hybridized carbons (Fsp3) is 0.391. The van der Waals surface area contributed by atoms with E-state index in [1.54, 1.807) is 0 Å². The zero-order valence-corrected chi connectivity index (χ0v) is 16.9. The molecule has 0 heterocycles. The highest BCUT2D eigenvalue weighted by Crippen LogP contribution is 2.26. The van der Waals surface area contributed by atoms with Gasteiger partial charge in [0, 0.05) is 0 Å². The molecule has 0 aromatic heterocycles. The molecule has 0 N–H and O–H groups in total. The van der Waals surface area contributed by atoms with Crippen LogP contribution in [-0.2, 0) is 0 Å². The molecule has 2 aromatic carbocycles. The largest absolute Gasteiger partial charge is 0.0984 e. The van der Waals surface area contributed by atoms with Crippen LogP contribution in [0.5, 0.6) is 0 Å². The fourth-order valence-corrected chi connectivity index (χ4v) is 1.80. The van der Waals surface area contributed by atoms with E-state index in [4.69, 9.17) is 0 Å². The molecule has 0 heteroatoms. The predicted molar refractivity (Wildman–Crippen MR) is 112 cm³/mol. The monoisotopic (exact) mass is 314 g/mol. The molecule has 23 heavy (non-hydrogen) atoms. The predicted octanol–water partition coefficient (Wildman–Crippen LogP) is 8.41. The molecule has 0 saturated carbocycles. The first-order valence-corrected chi connectivity index (χ1v) is 9.10. The van der Waals surface area contributed by atoms with Gasteiger partial charge in [0.2, 0.25) is 0 Å². The number of aryl methyl sites for hydroxylation is 1. The SMILES string of the molecule is C=Cc1ccccc1-c1ccccc1C.CC.CC.CC.CC. The van der Waals surface area contributed by atoms with E-state index in [1.807, 2.05) is 67.5 Å². The molecule has 0 saturated heterocycles. The minimum Gasteiger partial charge on any atom is -0.0984 e. The van der Waals surface area contributed by atoms with E-state index >= 15 is 0 Å². The maximum atomic E-state index is 3.85. The number of hydrogen-bond acceptors (Lipinski definition) is 0. The molecule has 0 aliphatic carbocycles. The average molecular weight is 315 g/mol. The molecule has 2 aromatic rings. The summed E-state index contributed by atoms with van der Waals surface area (Å²) in [6.45, 7) is 22.0. The Kier molecular flexibility index (Phi) is 22.9. The Labute approximate surface area is 146 Å². The maximum Gasteiger partial charge on any atom is -0.0109 e. The van der Waals surface area contributed by atoms with Crippen molar-refractivity contribution < 1.29 is 0 Å². The first-order chi connectivity index (χ1) is 11.3. The van der Waals surface area contributed by atoms with Gasteiger partial charge in [-0.15, -0.1) is 0 Å². The number of benzene rings is 2. The lowest BCUT2D eigenvalue weighted by Gasteiger charge is -2.08. The Bertz CT molecular complexity index is 481. The molecule has 0 fully saturated rings. The van der Waals surface area contributed by atoms with E-state index in [2.05, 4.69) is 56.0 Å². The van der Waals surface area contributed by atoms with Crippen molar-refractivity contribution in [2.75, 3.05) is 0 Å². The Morgan fingerprint density at radius 1 is 0.609 bits per heavy atom. The van der Waals surface area contributed by atoms with E-state index in [1.165, 1.54) is 22.3 Å². The molecule has 0 amide bonds. The van der Waals surface area contributed by atoms with Crippen molar-refractivity contribution in [3.05, 3.63) is 66.2 Å². The molecular formula is C23H38. The topological polar surface area (TPSA) is 0 Å². The van der Waals surface area contributed by atoms with Crippen LogP contribution < -0.4 is 0 Å². The van der Waals surface area contributed by atoms with Gasteiger partial charge in [0.15, 0.2) is 0 Å². The van der Waals surface area contributed by atoms with E-state index in [9.17, 15) is 0 Å². The highest BCUT2D eigenvalue weighted by molar-refractivity contribution is 5.76. The lowest BCUT2D eigenvalue weighted by atomic mass is 9.96. The smallest absolute Gasteiger partial charge is 0.0109 e. The Morgan fingerprint density at radius 3 is 1.43 bits per heavy atom. The number of hydrogen-bond donors (Lipinski definition) is 0. The Hall–Kier alpha value is -1.82. The molecule has 0 nitrogen and oxygen atoms in total. The second-order valence-electron chi connectivity index (χ2n) is 3.61. The maximum absolute atomic E-state index is 3.85. The van der Waals surface area contributed by atoms with Crippen LogP contribution in [-0.4, -0.2) is 0 Å². The minimum absolute atomic E-state index is 1.19. The summed E-state index contributed by atoms with van der Waals surface area (Å²) in [6, 6.07) is 16.8. The lowest BCUT2D eigenvalue weighted by Crippen LogP contribution is -1.85. The van der Waals surface area contributed by atoms with Crippen LogP contribution in [0.25, 0.3) is 17.2 Å². The molecule has 0 aliphatic heterocycles. The van der Waals surface area contributed by atoms with Gasteiger partial charge in [-0.05, 0) is 29.2 Å². The van der Waals surface area contributed by atoms with E-state index in [0.29, 0.717) is 0 Å². The molecule has 0 radical (unpaired) electrons. The molecule has 0 unspecified atom stereocenters. The molecule has 0 spiro atoms. The van der Waals surface area contributed by atoms with Crippen LogP contribution in [0, 0.1) is 6.92 Å². The van der Waals surface area contributed by atoms with Gasteiger partial charge in [0.05, 0.1) is 0 Å². The first kappa shape index (κ1) is 26.1. The van der Waals surface area contributed by atoms with Crippen LogP contribution >= 0.6 is 0 Å². The minimum atomic E-state index is 1.19. The van der Waals surface area contributed by atoms with Crippen LogP contribution in [0.1, 0.15) is 66.5 Å². The van der Waals surface area contributed by atoms with Crippen molar-refractivity contribution in [2.45, 2.75) is 62.3 Å². The summed E-state index contributed by atoms with van der Waals surface area (Å²) in [6.07, 6.45) is 1.90. The fourth-order valence-electron chi connectivity index (χ4n) is 1.80. The molecular weight excluding hydrogens is 276 g/mol. The van der Waals surface area contributed by atoms with Gasteiger partial charge in [-0.1, -0.05) is 117 Å². The highest BCUT2D eigenvalue weighted by Gasteiger charge is 2.03. The average Bonchev–Trinajstić information content (AvgIpc) is 2.68. The van der Waals surface area contributed by atoms with Gasteiger partial charge in [0.25, 0.3) is 0 Å². The van der Waals surface area contributed by atoms with Gasteiger partial charge < -0.3 is 0 Å². The van der Waals surface area contributed by atoms with Crippen molar-refractivity contribution >= 4 is 6.08 Å². The summed E-state index contributed by atoms with van der Waals surface area (Å²) >= 11 is 0. The summed E-state index contributed by atoms with van der Waals surface area (Å²) in [5, 5.41) is 0. The Morgan fingerprint density at radius 2 is 1.00 bits per heavy atom. The molecule has 0 aliphatic rings. The van der Waals surface area contributed by atoms with Crippen molar-refractivity contribution in [2.24, 2.45) is 0 Å². The van der Waals surface area contributed by atoms with Crippen molar-refractivity contribution in [3.63, 3.8) is 0 Å². The van der Waals surface area contributed by atoms with Crippen LogP contribution in [0.4, 0.5) is 0 Å². The van der Waals surface area contributed by atoms with Crippen LogP contribution in [0.15, 0.2) is 55.1 Å². The zero-order valence-electron chi connectivity index (χ0n) is 16.9. The van der Waals surface area contributed by atoms with Crippen molar-refractivity contribution in [1.82, 2.24) is 0 Å².